The molecule has 172 valence electrons. The molecule has 1 heterocycles. The van der Waals surface area contributed by atoms with E-state index in [4.69, 9.17) is 4.74 Å². The highest BCUT2D eigenvalue weighted by molar-refractivity contribution is 9.10. The van der Waals surface area contributed by atoms with E-state index in [9.17, 15) is 9.59 Å². The molecule has 3 aromatic rings. The molecule has 6 nitrogen and oxygen atoms in total. The van der Waals surface area contributed by atoms with Gasteiger partial charge in [-0.15, -0.1) is 11.3 Å². The van der Waals surface area contributed by atoms with Crippen LogP contribution in [-0.2, 0) is 6.61 Å². The first-order chi connectivity index (χ1) is 16.0. The van der Waals surface area contributed by atoms with Crippen LogP contribution in [0, 0.1) is 6.92 Å². The topological polar surface area (TPSA) is 80.3 Å². The molecule has 33 heavy (non-hydrogen) atoms. The molecule has 2 atom stereocenters. The highest BCUT2D eigenvalue weighted by Gasteiger charge is 2.29. The van der Waals surface area contributed by atoms with Crippen LogP contribution in [0.3, 0.4) is 0 Å². The summed E-state index contributed by atoms with van der Waals surface area (Å²) in [4.78, 5) is 30.0. The zero-order chi connectivity index (χ0) is 23.2. The van der Waals surface area contributed by atoms with Gasteiger partial charge in [-0.05, 0) is 56.2 Å². The van der Waals surface area contributed by atoms with Crippen LogP contribution in [-0.4, -0.2) is 28.9 Å². The lowest BCUT2D eigenvalue weighted by atomic mass is 9.90. The summed E-state index contributed by atoms with van der Waals surface area (Å²) in [5.74, 6) is 0.425. The Balaban J connectivity index is 1.33. The molecule has 0 spiro atoms. The maximum Gasteiger partial charge on any atom is 0.271 e. The third-order valence-corrected chi connectivity index (χ3v) is 7.02. The largest absolute Gasteiger partial charge is 0.486 e. The summed E-state index contributed by atoms with van der Waals surface area (Å²) < 4.78 is 6.69. The maximum absolute atomic E-state index is 12.9. The van der Waals surface area contributed by atoms with Crippen molar-refractivity contribution in [2.24, 2.45) is 0 Å². The van der Waals surface area contributed by atoms with E-state index in [0.29, 0.717) is 17.9 Å². The number of halogens is 1. The first-order valence-electron chi connectivity index (χ1n) is 11.0. The number of aryl methyl sites for hydroxylation is 1. The Kier molecular flexibility index (Phi) is 7.77. The number of thiazole rings is 1. The standard InChI is InChI=1S/C25H26BrN3O3S/c1-16-6-12-19(13-7-16)32-14-23-27-22(15-33-23)25(31)29-21-5-3-2-4-20(21)28-24(30)17-8-10-18(26)11-9-17/h6-13,15,20-21H,2-5,14H2,1H3,(H,28,30)(H,29,31)/t20-,21+/m0/s1. The van der Waals surface area contributed by atoms with Crippen molar-refractivity contribution >= 4 is 39.1 Å². The summed E-state index contributed by atoms with van der Waals surface area (Å²) in [5, 5.41) is 8.68. The zero-order valence-corrected chi connectivity index (χ0v) is 20.7. The van der Waals surface area contributed by atoms with Gasteiger partial charge < -0.3 is 15.4 Å². The number of hydrogen-bond donors (Lipinski definition) is 2. The van der Waals surface area contributed by atoms with Crippen LogP contribution in [0.4, 0.5) is 0 Å². The summed E-state index contributed by atoms with van der Waals surface area (Å²) >= 11 is 4.79. The minimum Gasteiger partial charge on any atom is -0.486 e. The molecule has 0 radical (unpaired) electrons. The summed E-state index contributed by atoms with van der Waals surface area (Å²) in [7, 11) is 0. The van der Waals surface area contributed by atoms with Gasteiger partial charge in [0.05, 0.1) is 0 Å². The Hall–Kier alpha value is -2.71. The number of nitrogens with one attached hydrogen (secondary N) is 2. The van der Waals surface area contributed by atoms with Gasteiger partial charge in [0.1, 0.15) is 23.1 Å². The summed E-state index contributed by atoms with van der Waals surface area (Å²) in [6, 6.07) is 14.8. The van der Waals surface area contributed by atoms with Gasteiger partial charge in [0.2, 0.25) is 0 Å². The fourth-order valence-corrected chi connectivity index (χ4v) is 4.78. The van der Waals surface area contributed by atoms with E-state index in [1.807, 2.05) is 43.3 Å². The van der Waals surface area contributed by atoms with E-state index in [2.05, 4.69) is 31.5 Å². The van der Waals surface area contributed by atoms with E-state index >= 15 is 0 Å². The molecule has 1 aromatic heterocycles. The van der Waals surface area contributed by atoms with Crippen molar-refractivity contribution < 1.29 is 14.3 Å². The van der Waals surface area contributed by atoms with Gasteiger partial charge in [-0.3, -0.25) is 9.59 Å². The third-order valence-electron chi connectivity index (χ3n) is 5.67. The SMILES string of the molecule is Cc1ccc(OCc2nc(C(=O)N[C@@H]3CCCC[C@@H]3NC(=O)c3ccc(Br)cc3)cs2)cc1. The van der Waals surface area contributed by atoms with Crippen LogP contribution in [0.15, 0.2) is 58.4 Å². The van der Waals surface area contributed by atoms with Crippen LogP contribution in [0.5, 0.6) is 5.75 Å². The normalized spacial score (nSPS) is 17.9. The number of carbonyl (C=O) groups is 2. The molecule has 0 saturated heterocycles. The van der Waals surface area contributed by atoms with Crippen molar-refractivity contribution in [1.82, 2.24) is 15.6 Å². The molecule has 2 N–H and O–H groups in total. The molecule has 0 unspecified atom stereocenters. The summed E-state index contributed by atoms with van der Waals surface area (Å²) in [6.07, 6.45) is 3.70. The molecule has 1 aliphatic carbocycles. The molecule has 4 rings (SSSR count). The van der Waals surface area contributed by atoms with Crippen molar-refractivity contribution in [1.29, 1.82) is 0 Å². The lowest BCUT2D eigenvalue weighted by Crippen LogP contribution is -2.53. The number of carbonyl (C=O) groups excluding carboxylic acids is 2. The van der Waals surface area contributed by atoms with E-state index in [1.54, 1.807) is 17.5 Å². The molecular formula is C25H26BrN3O3S. The zero-order valence-electron chi connectivity index (χ0n) is 18.3. The third kappa shape index (κ3) is 6.42. The van der Waals surface area contributed by atoms with Gasteiger partial charge in [-0.25, -0.2) is 4.98 Å². The average Bonchev–Trinajstić information content (AvgIpc) is 3.30. The molecule has 1 saturated carbocycles. The lowest BCUT2D eigenvalue weighted by Gasteiger charge is -2.32. The van der Waals surface area contributed by atoms with Crippen LogP contribution >= 0.6 is 27.3 Å². The second-order valence-electron chi connectivity index (χ2n) is 8.18. The molecular weight excluding hydrogens is 502 g/mol. The van der Waals surface area contributed by atoms with Crippen LogP contribution in [0.1, 0.15) is 57.1 Å². The molecule has 0 aliphatic heterocycles. The van der Waals surface area contributed by atoms with Gasteiger partial charge in [-0.1, -0.05) is 46.5 Å². The molecule has 0 bridgehead atoms. The van der Waals surface area contributed by atoms with E-state index in [1.165, 1.54) is 16.9 Å². The van der Waals surface area contributed by atoms with Crippen LogP contribution < -0.4 is 15.4 Å². The highest BCUT2D eigenvalue weighted by atomic mass is 79.9. The molecule has 2 amide bonds. The molecule has 1 fully saturated rings. The van der Waals surface area contributed by atoms with Crippen LogP contribution in [0.2, 0.25) is 0 Å². The predicted octanol–water partition coefficient (Wildman–Crippen LogP) is 5.26. The monoisotopic (exact) mass is 527 g/mol. The predicted molar refractivity (Wildman–Crippen MR) is 133 cm³/mol. The van der Waals surface area contributed by atoms with Crippen molar-refractivity contribution in [2.45, 2.75) is 51.3 Å². The number of benzene rings is 2. The van der Waals surface area contributed by atoms with Crippen molar-refractivity contribution in [3.63, 3.8) is 0 Å². The Bertz CT molecular complexity index is 1100. The second-order valence-corrected chi connectivity index (χ2v) is 10.0. The number of hydrogen-bond acceptors (Lipinski definition) is 5. The van der Waals surface area contributed by atoms with Gasteiger partial charge in [0, 0.05) is 27.5 Å². The van der Waals surface area contributed by atoms with E-state index in [0.717, 1.165) is 40.9 Å². The first-order valence-corrected chi connectivity index (χ1v) is 12.7. The maximum atomic E-state index is 12.9. The summed E-state index contributed by atoms with van der Waals surface area (Å²) in [5.41, 5.74) is 2.15. The number of ether oxygens (including phenoxy) is 1. The molecule has 2 aromatic carbocycles. The first kappa shape index (κ1) is 23.4. The molecule has 1 aliphatic rings. The lowest BCUT2D eigenvalue weighted by molar-refractivity contribution is 0.0860. The Morgan fingerprint density at radius 2 is 1.64 bits per heavy atom. The Morgan fingerprint density at radius 1 is 1.00 bits per heavy atom. The van der Waals surface area contributed by atoms with Gasteiger partial charge in [0.15, 0.2) is 0 Å². The fourth-order valence-electron chi connectivity index (χ4n) is 3.83. The van der Waals surface area contributed by atoms with Crippen molar-refractivity contribution in [3.8, 4) is 5.75 Å². The highest BCUT2D eigenvalue weighted by Crippen LogP contribution is 2.21. The minimum atomic E-state index is -0.220. The Labute approximate surface area is 205 Å². The van der Waals surface area contributed by atoms with E-state index < -0.39 is 0 Å². The van der Waals surface area contributed by atoms with Gasteiger partial charge in [-0.2, -0.15) is 0 Å². The quantitative estimate of drug-likeness (QED) is 0.438. The number of amides is 2. The van der Waals surface area contributed by atoms with E-state index in [-0.39, 0.29) is 23.9 Å². The number of aromatic nitrogens is 1. The number of nitrogens with zero attached hydrogens (tertiary/aromatic N) is 1. The van der Waals surface area contributed by atoms with Gasteiger partial charge in [0.25, 0.3) is 11.8 Å². The van der Waals surface area contributed by atoms with Crippen LogP contribution in [0.25, 0.3) is 0 Å². The second kappa shape index (κ2) is 10.9. The van der Waals surface area contributed by atoms with Gasteiger partial charge >= 0.3 is 0 Å². The fraction of sp³-hybridized carbons (Fsp3) is 0.320. The smallest absolute Gasteiger partial charge is 0.271 e. The Morgan fingerprint density at radius 3 is 2.30 bits per heavy atom. The average molecular weight is 528 g/mol. The van der Waals surface area contributed by atoms with Crippen molar-refractivity contribution in [3.05, 3.63) is 80.2 Å². The minimum absolute atomic E-state index is 0.109. The number of rotatable bonds is 7. The molecule has 8 heteroatoms. The van der Waals surface area contributed by atoms with Crippen molar-refractivity contribution in [2.75, 3.05) is 0 Å². The summed E-state index contributed by atoms with van der Waals surface area (Å²) in [6.45, 7) is 2.34.